The van der Waals surface area contributed by atoms with Gasteiger partial charge in [0.05, 0.1) is 7.11 Å². The van der Waals surface area contributed by atoms with Crippen molar-refractivity contribution in [1.82, 2.24) is 0 Å². The van der Waals surface area contributed by atoms with E-state index in [4.69, 9.17) is 9.47 Å². The Balaban J connectivity index is 2.83. The summed E-state index contributed by atoms with van der Waals surface area (Å²) in [7, 11) is 1.55. The van der Waals surface area contributed by atoms with Gasteiger partial charge >= 0.3 is 0 Å². The highest BCUT2D eigenvalue weighted by Gasteiger charge is 2.37. The van der Waals surface area contributed by atoms with Gasteiger partial charge in [-0.2, -0.15) is 0 Å². The number of halogens is 2. The van der Waals surface area contributed by atoms with Crippen molar-refractivity contribution in [3.8, 4) is 11.5 Å². The van der Waals surface area contributed by atoms with E-state index >= 15 is 0 Å². The standard InChI is InChI=1S/C14H18F2O2/c1-4-6-13(14(15,16)5-2)18-12-9-7-11(17-3)8-10-12/h4,6-10,13H,5H2,1-3H3/b6-4-. The van der Waals surface area contributed by atoms with Crippen LogP contribution in [-0.4, -0.2) is 19.1 Å². The van der Waals surface area contributed by atoms with E-state index in [1.54, 1.807) is 44.4 Å². The van der Waals surface area contributed by atoms with E-state index in [-0.39, 0.29) is 6.42 Å². The Morgan fingerprint density at radius 2 is 1.78 bits per heavy atom. The molecule has 1 rings (SSSR count). The summed E-state index contributed by atoms with van der Waals surface area (Å²) in [6.45, 7) is 3.13. The van der Waals surface area contributed by atoms with Crippen molar-refractivity contribution in [2.75, 3.05) is 7.11 Å². The van der Waals surface area contributed by atoms with E-state index in [0.717, 1.165) is 0 Å². The van der Waals surface area contributed by atoms with Gasteiger partial charge in [-0.05, 0) is 37.3 Å². The molecule has 0 aliphatic rings. The Hall–Kier alpha value is -1.58. The SMILES string of the molecule is C/C=C\C(Oc1ccc(OC)cc1)C(F)(F)CC. The van der Waals surface area contributed by atoms with E-state index in [9.17, 15) is 8.78 Å². The van der Waals surface area contributed by atoms with E-state index in [1.807, 2.05) is 0 Å². The Labute approximate surface area is 106 Å². The molecule has 0 heterocycles. The lowest BCUT2D eigenvalue weighted by Crippen LogP contribution is -2.36. The maximum Gasteiger partial charge on any atom is 0.287 e. The third kappa shape index (κ3) is 3.72. The largest absolute Gasteiger partial charge is 0.497 e. The summed E-state index contributed by atoms with van der Waals surface area (Å²) in [5.74, 6) is -1.83. The quantitative estimate of drug-likeness (QED) is 0.714. The van der Waals surface area contributed by atoms with Gasteiger partial charge in [0.15, 0.2) is 6.10 Å². The van der Waals surface area contributed by atoms with Gasteiger partial charge in [-0.3, -0.25) is 0 Å². The molecule has 2 nitrogen and oxygen atoms in total. The van der Waals surface area contributed by atoms with Crippen LogP contribution < -0.4 is 9.47 Å². The van der Waals surface area contributed by atoms with Crippen LogP contribution in [0.4, 0.5) is 8.78 Å². The molecule has 4 heteroatoms. The number of ether oxygens (including phenoxy) is 2. The second-order valence-electron chi connectivity index (χ2n) is 3.85. The maximum atomic E-state index is 13.6. The molecule has 0 N–H and O–H groups in total. The predicted molar refractivity (Wildman–Crippen MR) is 67.5 cm³/mol. The lowest BCUT2D eigenvalue weighted by molar-refractivity contribution is -0.0776. The first-order valence-corrected chi connectivity index (χ1v) is 5.84. The van der Waals surface area contributed by atoms with Gasteiger partial charge in [-0.25, -0.2) is 8.78 Å². The average molecular weight is 256 g/mol. The topological polar surface area (TPSA) is 18.5 Å². The van der Waals surface area contributed by atoms with Crippen LogP contribution in [0.15, 0.2) is 36.4 Å². The summed E-state index contributed by atoms with van der Waals surface area (Å²) in [5, 5.41) is 0. The van der Waals surface area contributed by atoms with Crippen LogP contribution in [0.5, 0.6) is 11.5 Å². The highest BCUT2D eigenvalue weighted by Crippen LogP contribution is 2.28. The van der Waals surface area contributed by atoms with Crippen LogP contribution >= 0.6 is 0 Å². The minimum Gasteiger partial charge on any atom is -0.497 e. The molecule has 100 valence electrons. The molecule has 0 saturated carbocycles. The van der Waals surface area contributed by atoms with Gasteiger partial charge in [-0.1, -0.05) is 13.0 Å². The maximum absolute atomic E-state index is 13.6. The predicted octanol–water partition coefficient (Wildman–Crippen LogP) is 4.06. The van der Waals surface area contributed by atoms with Crippen LogP contribution in [0.3, 0.4) is 0 Å². The van der Waals surface area contributed by atoms with E-state index in [1.165, 1.54) is 13.0 Å². The van der Waals surface area contributed by atoms with Crippen LogP contribution in [0, 0.1) is 0 Å². The molecule has 0 spiro atoms. The molecule has 1 atom stereocenters. The number of methoxy groups -OCH3 is 1. The molecule has 0 aromatic heterocycles. The molecular formula is C14H18F2O2. The van der Waals surface area contributed by atoms with Crippen molar-refractivity contribution in [2.45, 2.75) is 32.3 Å². The van der Waals surface area contributed by atoms with Crippen molar-refractivity contribution >= 4 is 0 Å². The second kappa shape index (κ2) is 6.38. The first-order chi connectivity index (χ1) is 8.53. The molecule has 0 aliphatic heterocycles. The van der Waals surface area contributed by atoms with Gasteiger partial charge in [-0.15, -0.1) is 0 Å². The number of alkyl halides is 2. The zero-order valence-electron chi connectivity index (χ0n) is 10.8. The van der Waals surface area contributed by atoms with Gasteiger partial charge in [0.2, 0.25) is 0 Å². The van der Waals surface area contributed by atoms with Crippen molar-refractivity contribution < 1.29 is 18.3 Å². The summed E-state index contributed by atoms with van der Waals surface area (Å²) < 4.78 is 37.6. The van der Waals surface area contributed by atoms with E-state index in [0.29, 0.717) is 11.5 Å². The minimum atomic E-state index is -2.88. The van der Waals surface area contributed by atoms with Gasteiger partial charge in [0.25, 0.3) is 5.92 Å². The summed E-state index contributed by atoms with van der Waals surface area (Å²) >= 11 is 0. The zero-order chi connectivity index (χ0) is 13.6. The summed E-state index contributed by atoms with van der Waals surface area (Å²) in [6.07, 6.45) is 1.42. The zero-order valence-corrected chi connectivity index (χ0v) is 10.8. The molecular weight excluding hydrogens is 238 g/mol. The number of hydrogen-bond donors (Lipinski definition) is 0. The van der Waals surface area contributed by atoms with Crippen LogP contribution in [0.1, 0.15) is 20.3 Å². The molecule has 0 radical (unpaired) electrons. The first kappa shape index (κ1) is 14.5. The van der Waals surface area contributed by atoms with Crippen molar-refractivity contribution in [3.05, 3.63) is 36.4 Å². The fraction of sp³-hybridized carbons (Fsp3) is 0.429. The minimum absolute atomic E-state index is 0.266. The Morgan fingerprint density at radius 1 is 1.22 bits per heavy atom. The van der Waals surface area contributed by atoms with Crippen molar-refractivity contribution in [1.29, 1.82) is 0 Å². The van der Waals surface area contributed by atoms with Gasteiger partial charge in [0.1, 0.15) is 11.5 Å². The van der Waals surface area contributed by atoms with E-state index < -0.39 is 12.0 Å². The normalized spacial score (nSPS) is 13.6. The van der Waals surface area contributed by atoms with Gasteiger partial charge in [0, 0.05) is 6.42 Å². The average Bonchev–Trinajstić information content (AvgIpc) is 2.39. The van der Waals surface area contributed by atoms with Crippen molar-refractivity contribution in [3.63, 3.8) is 0 Å². The lowest BCUT2D eigenvalue weighted by atomic mass is 10.1. The first-order valence-electron chi connectivity index (χ1n) is 5.84. The molecule has 0 fully saturated rings. The molecule has 1 aromatic carbocycles. The number of rotatable bonds is 6. The molecule has 1 unspecified atom stereocenters. The summed E-state index contributed by atoms with van der Waals surface area (Å²) in [4.78, 5) is 0. The Bertz CT molecular complexity index is 385. The Kier molecular flexibility index (Phi) is 5.13. The Morgan fingerprint density at radius 3 is 2.22 bits per heavy atom. The number of allylic oxidation sites excluding steroid dienone is 1. The monoisotopic (exact) mass is 256 g/mol. The summed E-state index contributed by atoms with van der Waals surface area (Å²) in [6, 6.07) is 6.57. The highest BCUT2D eigenvalue weighted by molar-refractivity contribution is 5.31. The second-order valence-corrected chi connectivity index (χ2v) is 3.85. The third-order valence-corrected chi connectivity index (χ3v) is 2.58. The third-order valence-electron chi connectivity index (χ3n) is 2.58. The molecule has 0 bridgehead atoms. The van der Waals surface area contributed by atoms with Crippen LogP contribution in [0.25, 0.3) is 0 Å². The fourth-order valence-electron chi connectivity index (χ4n) is 1.44. The lowest BCUT2D eigenvalue weighted by Gasteiger charge is -2.24. The smallest absolute Gasteiger partial charge is 0.287 e. The van der Waals surface area contributed by atoms with Crippen LogP contribution in [0.2, 0.25) is 0 Å². The van der Waals surface area contributed by atoms with Gasteiger partial charge < -0.3 is 9.47 Å². The number of hydrogen-bond acceptors (Lipinski definition) is 2. The summed E-state index contributed by atoms with van der Waals surface area (Å²) in [5.41, 5.74) is 0. The van der Waals surface area contributed by atoms with E-state index in [2.05, 4.69) is 0 Å². The molecule has 1 aromatic rings. The van der Waals surface area contributed by atoms with Crippen LogP contribution in [-0.2, 0) is 0 Å². The molecule has 0 aliphatic carbocycles. The molecule has 0 amide bonds. The number of benzene rings is 1. The molecule has 18 heavy (non-hydrogen) atoms. The highest BCUT2D eigenvalue weighted by atomic mass is 19.3. The molecule has 0 saturated heterocycles. The van der Waals surface area contributed by atoms with Crippen molar-refractivity contribution in [2.24, 2.45) is 0 Å². The fourth-order valence-corrected chi connectivity index (χ4v) is 1.44.